The third kappa shape index (κ3) is 6.02. The van der Waals surface area contributed by atoms with Crippen molar-refractivity contribution in [2.75, 3.05) is 31.0 Å². The predicted octanol–water partition coefficient (Wildman–Crippen LogP) is 3.05. The predicted molar refractivity (Wildman–Crippen MR) is 95.2 cm³/mol. The van der Waals surface area contributed by atoms with Crippen LogP contribution in [0.5, 0.6) is 5.75 Å². The summed E-state index contributed by atoms with van der Waals surface area (Å²) in [5, 5.41) is 5.39. The highest BCUT2D eigenvalue weighted by Crippen LogP contribution is 2.16. The lowest BCUT2D eigenvalue weighted by atomic mass is 10.2. The van der Waals surface area contributed by atoms with E-state index in [1.807, 2.05) is 12.1 Å². The van der Waals surface area contributed by atoms with E-state index in [9.17, 15) is 9.59 Å². The van der Waals surface area contributed by atoms with Gasteiger partial charge in [-0.3, -0.25) is 9.59 Å². The second-order valence-corrected chi connectivity index (χ2v) is 5.76. The van der Waals surface area contributed by atoms with E-state index in [0.29, 0.717) is 17.1 Å². The van der Waals surface area contributed by atoms with E-state index < -0.39 is 0 Å². The second kappa shape index (κ2) is 9.05. The molecule has 0 fully saturated rings. The average Bonchev–Trinajstić information content (AvgIpc) is 2.56. The van der Waals surface area contributed by atoms with Crippen molar-refractivity contribution in [3.63, 3.8) is 0 Å². The third-order valence-corrected chi connectivity index (χ3v) is 3.44. The number of rotatable bonds is 7. The number of benzene rings is 2. The lowest BCUT2D eigenvalue weighted by molar-refractivity contribution is -0.120. The zero-order chi connectivity index (χ0) is 17.4. The van der Waals surface area contributed by atoms with Crippen molar-refractivity contribution in [1.29, 1.82) is 0 Å². The zero-order valence-corrected chi connectivity index (χ0v) is 14.6. The second-order valence-electron chi connectivity index (χ2n) is 4.85. The summed E-state index contributed by atoms with van der Waals surface area (Å²) < 4.78 is 11.1. The van der Waals surface area contributed by atoms with E-state index in [4.69, 9.17) is 9.47 Å². The van der Waals surface area contributed by atoms with Crippen LogP contribution < -0.4 is 15.4 Å². The van der Waals surface area contributed by atoms with Crippen molar-refractivity contribution >= 4 is 39.1 Å². The molecule has 0 bridgehead atoms. The van der Waals surface area contributed by atoms with Gasteiger partial charge in [-0.1, -0.05) is 15.9 Å². The molecule has 0 saturated heterocycles. The molecular formula is C17H17BrN2O4. The molecule has 126 valence electrons. The molecule has 6 nitrogen and oxygen atoms in total. The smallest absolute Gasteiger partial charge is 0.262 e. The Hall–Kier alpha value is -2.38. The standard InChI is InChI=1S/C17H17BrN2O4/c1-23-10-16(21)19-13-4-6-14(7-5-13)20-17(22)11-24-15-8-2-12(18)3-9-15/h2-9H,10-11H2,1H3,(H,19,21)(H,20,22). The van der Waals surface area contributed by atoms with Gasteiger partial charge in [-0.2, -0.15) is 0 Å². The Balaban J connectivity index is 1.81. The lowest BCUT2D eigenvalue weighted by Crippen LogP contribution is -2.20. The number of amides is 2. The van der Waals surface area contributed by atoms with Gasteiger partial charge in [0.2, 0.25) is 5.91 Å². The SMILES string of the molecule is COCC(=O)Nc1ccc(NC(=O)COc2ccc(Br)cc2)cc1. The molecule has 0 unspecified atom stereocenters. The molecule has 0 aliphatic rings. The van der Waals surface area contributed by atoms with Crippen LogP contribution >= 0.6 is 15.9 Å². The van der Waals surface area contributed by atoms with Crippen LogP contribution in [0.1, 0.15) is 0 Å². The fraction of sp³-hybridized carbons (Fsp3) is 0.176. The number of anilines is 2. The van der Waals surface area contributed by atoms with Gasteiger partial charge in [-0.05, 0) is 48.5 Å². The Morgan fingerprint density at radius 1 is 0.875 bits per heavy atom. The minimum atomic E-state index is -0.269. The highest BCUT2D eigenvalue weighted by Gasteiger charge is 2.05. The summed E-state index contributed by atoms with van der Waals surface area (Å²) in [6, 6.07) is 14.0. The van der Waals surface area contributed by atoms with Gasteiger partial charge in [-0.15, -0.1) is 0 Å². The number of halogens is 1. The van der Waals surface area contributed by atoms with E-state index >= 15 is 0 Å². The summed E-state index contributed by atoms with van der Waals surface area (Å²) in [6.45, 7) is -0.0974. The third-order valence-electron chi connectivity index (χ3n) is 2.91. The molecule has 0 aliphatic heterocycles. The Bertz CT molecular complexity index is 687. The molecule has 0 aliphatic carbocycles. The van der Waals surface area contributed by atoms with Gasteiger partial charge in [0, 0.05) is 23.0 Å². The number of carbonyl (C=O) groups is 2. The number of hydrogen-bond donors (Lipinski definition) is 2. The molecule has 0 radical (unpaired) electrons. The van der Waals surface area contributed by atoms with Crippen LogP contribution in [0.25, 0.3) is 0 Å². The first kappa shape index (κ1) is 18.0. The summed E-state index contributed by atoms with van der Waals surface area (Å²) in [6.07, 6.45) is 0. The largest absolute Gasteiger partial charge is 0.484 e. The fourth-order valence-electron chi connectivity index (χ4n) is 1.84. The van der Waals surface area contributed by atoms with Gasteiger partial charge in [0.05, 0.1) is 0 Å². The maximum atomic E-state index is 11.9. The summed E-state index contributed by atoms with van der Waals surface area (Å²) in [5.41, 5.74) is 1.24. The maximum absolute atomic E-state index is 11.9. The van der Waals surface area contributed by atoms with Gasteiger partial charge in [-0.25, -0.2) is 0 Å². The molecule has 2 aromatic carbocycles. The van der Waals surface area contributed by atoms with Crippen LogP contribution in [0.4, 0.5) is 11.4 Å². The molecular weight excluding hydrogens is 376 g/mol. The first-order valence-corrected chi connectivity index (χ1v) is 7.93. The highest BCUT2D eigenvalue weighted by molar-refractivity contribution is 9.10. The van der Waals surface area contributed by atoms with Crippen molar-refractivity contribution in [3.05, 3.63) is 53.0 Å². The van der Waals surface area contributed by atoms with E-state index in [2.05, 4.69) is 26.6 Å². The number of ether oxygens (including phenoxy) is 2. The fourth-order valence-corrected chi connectivity index (χ4v) is 2.11. The van der Waals surface area contributed by atoms with Crippen LogP contribution in [0.2, 0.25) is 0 Å². The molecule has 0 spiro atoms. The van der Waals surface area contributed by atoms with E-state index in [1.54, 1.807) is 36.4 Å². The van der Waals surface area contributed by atoms with Crippen LogP contribution in [0, 0.1) is 0 Å². The number of carbonyl (C=O) groups excluding carboxylic acids is 2. The molecule has 7 heteroatoms. The van der Waals surface area contributed by atoms with Crippen molar-refractivity contribution in [2.24, 2.45) is 0 Å². The molecule has 0 atom stereocenters. The quantitative estimate of drug-likeness (QED) is 0.758. The topological polar surface area (TPSA) is 76.7 Å². The normalized spacial score (nSPS) is 10.1. The highest BCUT2D eigenvalue weighted by atomic mass is 79.9. The Kier molecular flexibility index (Phi) is 6.77. The molecule has 0 heterocycles. The Labute approximate surface area is 148 Å². The first-order valence-electron chi connectivity index (χ1n) is 7.14. The van der Waals surface area contributed by atoms with Gasteiger partial charge in [0.15, 0.2) is 6.61 Å². The van der Waals surface area contributed by atoms with E-state index in [0.717, 1.165) is 4.47 Å². The van der Waals surface area contributed by atoms with E-state index in [1.165, 1.54) is 7.11 Å². The number of hydrogen-bond acceptors (Lipinski definition) is 4. The van der Waals surface area contributed by atoms with Gasteiger partial charge in [0.1, 0.15) is 12.4 Å². The van der Waals surface area contributed by atoms with Crippen LogP contribution in [0.15, 0.2) is 53.0 Å². The minimum Gasteiger partial charge on any atom is -0.484 e. The molecule has 2 rings (SSSR count). The Morgan fingerprint density at radius 3 is 1.88 bits per heavy atom. The van der Waals surface area contributed by atoms with Gasteiger partial charge < -0.3 is 20.1 Å². The van der Waals surface area contributed by atoms with Crippen LogP contribution in [0.3, 0.4) is 0 Å². The first-order chi connectivity index (χ1) is 11.6. The van der Waals surface area contributed by atoms with Gasteiger partial charge >= 0.3 is 0 Å². The molecule has 2 aromatic rings. The molecule has 2 amide bonds. The van der Waals surface area contributed by atoms with Crippen molar-refractivity contribution in [3.8, 4) is 5.75 Å². The van der Waals surface area contributed by atoms with Crippen molar-refractivity contribution in [1.82, 2.24) is 0 Å². The average molecular weight is 393 g/mol. The van der Waals surface area contributed by atoms with Crippen molar-refractivity contribution in [2.45, 2.75) is 0 Å². The maximum Gasteiger partial charge on any atom is 0.262 e. The summed E-state index contributed by atoms with van der Waals surface area (Å²) in [5.74, 6) is 0.107. The van der Waals surface area contributed by atoms with Crippen molar-refractivity contribution < 1.29 is 19.1 Å². The van der Waals surface area contributed by atoms with E-state index in [-0.39, 0.29) is 25.0 Å². The molecule has 0 saturated carbocycles. The summed E-state index contributed by atoms with van der Waals surface area (Å²) >= 11 is 3.33. The lowest BCUT2D eigenvalue weighted by Gasteiger charge is -2.09. The van der Waals surface area contributed by atoms with Crippen LogP contribution in [-0.2, 0) is 14.3 Å². The Morgan fingerprint density at radius 2 is 1.38 bits per heavy atom. The number of nitrogens with one attached hydrogen (secondary N) is 2. The zero-order valence-electron chi connectivity index (χ0n) is 13.0. The molecule has 2 N–H and O–H groups in total. The minimum absolute atomic E-state index is 0.00805. The summed E-state index contributed by atoms with van der Waals surface area (Å²) in [4.78, 5) is 23.3. The summed E-state index contributed by atoms with van der Waals surface area (Å²) in [7, 11) is 1.45. The number of methoxy groups -OCH3 is 1. The monoisotopic (exact) mass is 392 g/mol. The van der Waals surface area contributed by atoms with Crippen LogP contribution in [-0.4, -0.2) is 32.1 Å². The molecule has 0 aromatic heterocycles. The van der Waals surface area contributed by atoms with Gasteiger partial charge in [0.25, 0.3) is 5.91 Å². The molecule has 24 heavy (non-hydrogen) atoms.